The van der Waals surface area contributed by atoms with E-state index in [-0.39, 0.29) is 17.5 Å². The van der Waals surface area contributed by atoms with Gasteiger partial charge in [0.05, 0.1) is 5.75 Å². The lowest BCUT2D eigenvalue weighted by Gasteiger charge is -2.19. The van der Waals surface area contributed by atoms with E-state index in [4.69, 9.17) is 0 Å². The molecule has 1 rings (SSSR count). The molecule has 4 heteroatoms. The summed E-state index contributed by atoms with van der Waals surface area (Å²) >= 11 is 0. The fraction of sp³-hybridized carbons (Fsp3) is 0.600. The Hall–Kier alpha value is -0.870. The molecule has 1 aromatic carbocycles. The third-order valence-electron chi connectivity index (χ3n) is 3.55. The maximum Gasteiger partial charge on any atom is 0.150 e. The molecule has 1 atom stereocenters. The van der Waals surface area contributed by atoms with Gasteiger partial charge in [0.1, 0.15) is 9.84 Å². The summed E-state index contributed by atoms with van der Waals surface area (Å²) in [4.78, 5) is 0. The van der Waals surface area contributed by atoms with Gasteiger partial charge in [-0.2, -0.15) is 0 Å². The fourth-order valence-corrected chi connectivity index (χ4v) is 3.20. The smallest absolute Gasteiger partial charge is 0.150 e. The molecule has 0 spiro atoms. The molecule has 0 fully saturated rings. The molecule has 0 bridgehead atoms. The zero-order chi connectivity index (χ0) is 14.3. The van der Waals surface area contributed by atoms with Gasteiger partial charge in [-0.25, -0.2) is 8.42 Å². The molecule has 1 unspecified atom stereocenters. The van der Waals surface area contributed by atoms with Crippen LogP contribution >= 0.6 is 0 Å². The molecule has 108 valence electrons. The van der Waals surface area contributed by atoms with E-state index in [9.17, 15) is 8.42 Å². The van der Waals surface area contributed by atoms with Crippen molar-refractivity contribution in [2.45, 2.75) is 39.2 Å². The van der Waals surface area contributed by atoms with Gasteiger partial charge in [-0.15, -0.1) is 0 Å². The van der Waals surface area contributed by atoms with Gasteiger partial charge >= 0.3 is 0 Å². The molecular weight excluding hydrogens is 258 g/mol. The highest BCUT2D eigenvalue weighted by molar-refractivity contribution is 7.91. The van der Waals surface area contributed by atoms with Crippen LogP contribution in [-0.2, 0) is 16.3 Å². The minimum absolute atomic E-state index is 0.239. The molecule has 0 heterocycles. The maximum atomic E-state index is 11.5. The number of nitrogens with one attached hydrogen (secondary N) is 1. The van der Waals surface area contributed by atoms with Crippen molar-refractivity contribution in [2.24, 2.45) is 0 Å². The minimum Gasteiger partial charge on any atom is -0.313 e. The van der Waals surface area contributed by atoms with E-state index < -0.39 is 9.84 Å². The average molecular weight is 283 g/mol. The Labute approximate surface area is 117 Å². The molecule has 0 aromatic heterocycles. The molecule has 0 saturated carbocycles. The highest BCUT2D eigenvalue weighted by atomic mass is 32.2. The lowest BCUT2D eigenvalue weighted by Crippen LogP contribution is -2.19. The first-order chi connectivity index (χ1) is 9.04. The fourth-order valence-electron chi connectivity index (χ4n) is 2.30. The van der Waals surface area contributed by atoms with Crippen molar-refractivity contribution >= 4 is 9.84 Å². The van der Waals surface area contributed by atoms with Crippen molar-refractivity contribution in [3.8, 4) is 0 Å². The van der Waals surface area contributed by atoms with Crippen LogP contribution < -0.4 is 5.32 Å². The van der Waals surface area contributed by atoms with Crippen molar-refractivity contribution in [1.82, 2.24) is 5.32 Å². The summed E-state index contributed by atoms with van der Waals surface area (Å²) in [6.07, 6.45) is 2.56. The number of hydrogen-bond acceptors (Lipinski definition) is 3. The summed E-state index contributed by atoms with van der Waals surface area (Å²) in [7, 11) is -0.913. The summed E-state index contributed by atoms with van der Waals surface area (Å²) in [6.45, 7) is 3.85. The van der Waals surface area contributed by atoms with Crippen LogP contribution in [0.1, 0.15) is 43.9 Å². The molecular formula is C15H25NO2S. The summed E-state index contributed by atoms with van der Waals surface area (Å²) in [5, 5.41) is 3.30. The van der Waals surface area contributed by atoms with Gasteiger partial charge < -0.3 is 5.32 Å². The van der Waals surface area contributed by atoms with E-state index in [1.165, 1.54) is 11.1 Å². The van der Waals surface area contributed by atoms with Crippen molar-refractivity contribution in [3.05, 3.63) is 35.4 Å². The first-order valence-electron chi connectivity index (χ1n) is 6.99. The van der Waals surface area contributed by atoms with Crippen molar-refractivity contribution in [1.29, 1.82) is 0 Å². The van der Waals surface area contributed by atoms with Crippen LogP contribution in [-0.4, -0.2) is 27.0 Å². The van der Waals surface area contributed by atoms with Crippen molar-refractivity contribution < 1.29 is 8.42 Å². The third kappa shape index (κ3) is 4.96. The number of hydrogen-bond donors (Lipinski definition) is 1. The van der Waals surface area contributed by atoms with Crippen molar-refractivity contribution in [2.75, 3.05) is 18.6 Å². The zero-order valence-corrected chi connectivity index (χ0v) is 13.0. The average Bonchev–Trinajstić information content (AvgIpc) is 2.43. The summed E-state index contributed by atoms with van der Waals surface area (Å²) in [5.74, 6) is 0.527. The standard InChI is InChI=1S/C15H25NO2S/c1-4-13-9-6-7-10-14(13)15(16-3)11-8-12-19(17,18)5-2/h6-7,9-10,15-16H,4-5,8,11-12H2,1-3H3. The van der Waals surface area contributed by atoms with E-state index in [0.717, 1.165) is 12.8 Å². The van der Waals surface area contributed by atoms with Gasteiger partial charge in [0, 0.05) is 11.8 Å². The summed E-state index contributed by atoms with van der Waals surface area (Å²) in [6, 6.07) is 8.61. The molecule has 0 aliphatic carbocycles. The van der Waals surface area contributed by atoms with Crippen molar-refractivity contribution in [3.63, 3.8) is 0 Å². The highest BCUT2D eigenvalue weighted by Gasteiger charge is 2.14. The first-order valence-corrected chi connectivity index (χ1v) is 8.81. The Morgan fingerprint density at radius 3 is 2.47 bits per heavy atom. The molecule has 1 N–H and O–H groups in total. The Morgan fingerprint density at radius 2 is 1.89 bits per heavy atom. The molecule has 1 aromatic rings. The summed E-state index contributed by atoms with van der Waals surface area (Å²) in [5.41, 5.74) is 2.63. The van der Waals surface area contributed by atoms with Crippen LogP contribution in [0.4, 0.5) is 0 Å². The lowest BCUT2D eigenvalue weighted by molar-refractivity contribution is 0.532. The quantitative estimate of drug-likeness (QED) is 0.798. The summed E-state index contributed by atoms with van der Waals surface area (Å²) < 4.78 is 23.0. The van der Waals surface area contributed by atoms with Gasteiger partial charge in [-0.3, -0.25) is 0 Å². The second kappa shape index (κ2) is 7.65. The highest BCUT2D eigenvalue weighted by Crippen LogP contribution is 2.22. The lowest BCUT2D eigenvalue weighted by atomic mass is 9.96. The topological polar surface area (TPSA) is 46.2 Å². The molecule has 0 aliphatic rings. The van der Waals surface area contributed by atoms with Crippen LogP contribution in [0, 0.1) is 0 Å². The Morgan fingerprint density at radius 1 is 1.21 bits per heavy atom. The Bertz CT molecular complexity index is 483. The molecule has 0 aliphatic heterocycles. The third-order valence-corrected chi connectivity index (χ3v) is 5.34. The Kier molecular flexibility index (Phi) is 6.52. The van der Waals surface area contributed by atoms with E-state index >= 15 is 0 Å². The molecule has 0 radical (unpaired) electrons. The van der Waals surface area contributed by atoms with Gasteiger partial charge in [0.2, 0.25) is 0 Å². The van der Waals surface area contributed by atoms with Crippen LogP contribution in [0.5, 0.6) is 0 Å². The van der Waals surface area contributed by atoms with E-state index in [0.29, 0.717) is 6.42 Å². The van der Waals surface area contributed by atoms with Crippen LogP contribution in [0.3, 0.4) is 0 Å². The largest absolute Gasteiger partial charge is 0.313 e. The predicted octanol–water partition coefficient (Wildman–Crippen LogP) is 2.72. The molecule has 0 saturated heterocycles. The molecule has 19 heavy (non-hydrogen) atoms. The number of benzene rings is 1. The number of aryl methyl sites for hydroxylation is 1. The molecule has 0 amide bonds. The van der Waals surface area contributed by atoms with Crippen LogP contribution in [0.15, 0.2) is 24.3 Å². The van der Waals surface area contributed by atoms with Crippen LogP contribution in [0.2, 0.25) is 0 Å². The van der Waals surface area contributed by atoms with E-state index in [2.05, 4.69) is 30.4 Å². The van der Waals surface area contributed by atoms with E-state index in [1.807, 2.05) is 13.1 Å². The Balaban J connectivity index is 2.68. The number of rotatable bonds is 8. The first kappa shape index (κ1) is 16.2. The second-order valence-electron chi connectivity index (χ2n) is 4.77. The second-order valence-corrected chi connectivity index (χ2v) is 7.24. The molecule has 3 nitrogen and oxygen atoms in total. The normalized spacial score (nSPS) is 13.4. The SMILES string of the molecule is CCc1ccccc1C(CCCS(=O)(=O)CC)NC. The van der Waals surface area contributed by atoms with Gasteiger partial charge in [-0.05, 0) is 37.4 Å². The maximum absolute atomic E-state index is 11.5. The minimum atomic E-state index is -2.85. The van der Waals surface area contributed by atoms with Gasteiger partial charge in [0.25, 0.3) is 0 Å². The monoisotopic (exact) mass is 283 g/mol. The predicted molar refractivity (Wildman–Crippen MR) is 81.2 cm³/mol. The van der Waals surface area contributed by atoms with Gasteiger partial charge in [-0.1, -0.05) is 38.1 Å². The zero-order valence-electron chi connectivity index (χ0n) is 12.1. The number of sulfone groups is 1. The van der Waals surface area contributed by atoms with E-state index in [1.54, 1.807) is 6.92 Å². The van der Waals surface area contributed by atoms with Gasteiger partial charge in [0.15, 0.2) is 0 Å². The van der Waals surface area contributed by atoms with Crippen LogP contribution in [0.25, 0.3) is 0 Å².